The molecule has 4 nitrogen and oxygen atoms in total. The van der Waals surface area contributed by atoms with E-state index in [2.05, 4.69) is 113 Å². The van der Waals surface area contributed by atoms with E-state index in [4.69, 9.17) is 21.1 Å². The number of ether oxygens (including phenoxy) is 2. The Hall–Kier alpha value is -2.92. The van der Waals surface area contributed by atoms with Crippen molar-refractivity contribution in [1.82, 2.24) is 0 Å². The molecule has 2 saturated heterocycles. The second-order valence-electron chi connectivity index (χ2n) is 14.5. The molecule has 0 spiro atoms. The minimum Gasteiger partial charge on any atom is -0.368 e. The van der Waals surface area contributed by atoms with Gasteiger partial charge in [0.15, 0.2) is 5.71 Å². The molecule has 7 rings (SSSR count). The Bertz CT molecular complexity index is 1740. The summed E-state index contributed by atoms with van der Waals surface area (Å²) in [7, 11) is 0. The van der Waals surface area contributed by atoms with Gasteiger partial charge in [0.25, 0.3) is 0 Å². The van der Waals surface area contributed by atoms with Crippen molar-refractivity contribution in [1.29, 1.82) is 0 Å². The molecule has 0 amide bonds. The average molecular weight is 624 g/mol. The minimum atomic E-state index is -0.0986. The van der Waals surface area contributed by atoms with E-state index in [0.717, 1.165) is 50.6 Å². The highest BCUT2D eigenvalue weighted by atomic mass is 35.5. The molecule has 0 aromatic heterocycles. The quantitative estimate of drug-likeness (QED) is 0.227. The summed E-state index contributed by atoms with van der Waals surface area (Å²) >= 11 is 7.22. The van der Waals surface area contributed by atoms with Gasteiger partial charge in [-0.05, 0) is 112 Å². The number of allylic oxidation sites excluding steroid dienone is 8. The molecule has 2 fully saturated rings. The summed E-state index contributed by atoms with van der Waals surface area (Å²) in [4.78, 5) is 2.50. The Labute approximate surface area is 274 Å². The van der Waals surface area contributed by atoms with Crippen LogP contribution in [-0.2, 0) is 20.3 Å². The lowest BCUT2D eigenvalue weighted by Gasteiger charge is -2.26. The standard InChI is InChI=1S/C40H48ClN2O2/c1-9-42-34(39(5,6)30-20-28(32-22-44-32)18-24(3)37(30)42)16-14-26-12-11-13-27(36(26)41)15-17-35-40(7,8)31-21-29(33-23-45-33)19-25(4)38(31)43(35)10-2/h14-21,32-33H,9-13,22-23H2,1-8H3/q+1. The number of halogens is 1. The molecule has 2 unspecified atom stereocenters. The van der Waals surface area contributed by atoms with Crippen LogP contribution in [0, 0.1) is 13.8 Å². The molecule has 236 valence electrons. The van der Waals surface area contributed by atoms with Gasteiger partial charge in [-0.3, -0.25) is 0 Å². The number of nitrogens with zero attached hydrogens (tertiary/aromatic N) is 2. The first kappa shape index (κ1) is 30.7. The van der Waals surface area contributed by atoms with Crippen LogP contribution in [0.15, 0.2) is 70.4 Å². The highest BCUT2D eigenvalue weighted by molar-refractivity contribution is 6.32. The van der Waals surface area contributed by atoms with E-state index in [-0.39, 0.29) is 23.0 Å². The normalized spacial score (nSPS) is 26.5. The van der Waals surface area contributed by atoms with Gasteiger partial charge in [0.2, 0.25) is 5.69 Å². The maximum Gasteiger partial charge on any atom is 0.212 e. The summed E-state index contributed by atoms with van der Waals surface area (Å²) in [5.41, 5.74) is 15.7. The Morgan fingerprint density at radius 1 is 0.867 bits per heavy atom. The molecule has 0 bridgehead atoms. The molecule has 0 N–H and O–H groups in total. The van der Waals surface area contributed by atoms with E-state index in [1.165, 1.54) is 67.3 Å². The topological polar surface area (TPSA) is 31.3 Å². The van der Waals surface area contributed by atoms with Crippen LogP contribution in [0.3, 0.4) is 0 Å². The zero-order valence-corrected chi connectivity index (χ0v) is 29.1. The van der Waals surface area contributed by atoms with Gasteiger partial charge in [0, 0.05) is 45.6 Å². The monoisotopic (exact) mass is 623 g/mol. The molecule has 5 heteroatoms. The summed E-state index contributed by atoms with van der Waals surface area (Å²) in [6, 6.07) is 9.41. The fourth-order valence-electron chi connectivity index (χ4n) is 8.15. The molecular weight excluding hydrogens is 576 g/mol. The molecule has 2 aromatic rings. The highest BCUT2D eigenvalue weighted by Crippen LogP contribution is 2.51. The summed E-state index contributed by atoms with van der Waals surface area (Å²) in [5, 5.41) is 0.913. The number of hydrogen-bond acceptors (Lipinski definition) is 3. The van der Waals surface area contributed by atoms with Crippen LogP contribution < -0.4 is 4.90 Å². The van der Waals surface area contributed by atoms with Crippen LogP contribution >= 0.6 is 11.6 Å². The molecule has 0 saturated carbocycles. The van der Waals surface area contributed by atoms with E-state index >= 15 is 0 Å². The number of hydrogen-bond donors (Lipinski definition) is 0. The van der Waals surface area contributed by atoms with Crippen molar-refractivity contribution < 1.29 is 14.0 Å². The van der Waals surface area contributed by atoms with E-state index in [1.54, 1.807) is 0 Å². The molecule has 0 radical (unpaired) electrons. The van der Waals surface area contributed by atoms with Crippen LogP contribution in [0.25, 0.3) is 0 Å². The number of aryl methyl sites for hydroxylation is 2. The zero-order valence-electron chi connectivity index (χ0n) is 28.3. The fourth-order valence-corrected chi connectivity index (χ4v) is 8.46. The molecule has 4 aliphatic heterocycles. The number of likely N-dealkylation sites (N-methyl/N-ethyl adjacent to an activating group) is 1. The minimum absolute atomic E-state index is 0.0986. The Morgan fingerprint density at radius 3 is 2.13 bits per heavy atom. The number of anilines is 1. The molecular formula is C40H48ClN2O2+. The van der Waals surface area contributed by atoms with Crippen molar-refractivity contribution in [2.45, 2.75) is 97.7 Å². The van der Waals surface area contributed by atoms with Crippen LogP contribution in [0.5, 0.6) is 0 Å². The predicted molar refractivity (Wildman–Crippen MR) is 186 cm³/mol. The summed E-state index contributed by atoms with van der Waals surface area (Å²) in [6.45, 7) is 22.0. The van der Waals surface area contributed by atoms with Gasteiger partial charge < -0.3 is 14.4 Å². The molecule has 5 aliphatic rings. The lowest BCUT2D eigenvalue weighted by atomic mass is 9.79. The summed E-state index contributed by atoms with van der Waals surface area (Å²) < 4.78 is 13.8. The molecule has 45 heavy (non-hydrogen) atoms. The largest absolute Gasteiger partial charge is 0.368 e. The molecule has 1 aliphatic carbocycles. The SMILES string of the molecule is CCN1/C(=C\C=C2/CCCC(/C=C/C3=[N+](CC)c4c(C)cc(C5CO5)cc4C3(C)C)=C2Cl)C(C)(C)c2cc(C3CO3)cc(C)c21. The Kier molecular flexibility index (Phi) is 7.58. The van der Waals surface area contributed by atoms with Gasteiger partial charge in [-0.25, -0.2) is 0 Å². The fraction of sp³-hybridized carbons (Fsp3) is 0.475. The van der Waals surface area contributed by atoms with Crippen molar-refractivity contribution in [3.05, 3.63) is 104 Å². The van der Waals surface area contributed by atoms with Gasteiger partial charge in [0.1, 0.15) is 18.8 Å². The van der Waals surface area contributed by atoms with Crippen molar-refractivity contribution >= 4 is 28.7 Å². The third-order valence-electron chi connectivity index (χ3n) is 10.8. The summed E-state index contributed by atoms with van der Waals surface area (Å²) in [5.74, 6) is 0. The third kappa shape index (κ3) is 5.08. The summed E-state index contributed by atoms with van der Waals surface area (Å²) in [6.07, 6.45) is 12.9. The maximum absolute atomic E-state index is 7.22. The Morgan fingerprint density at radius 2 is 1.51 bits per heavy atom. The molecule has 2 atom stereocenters. The first-order valence-electron chi connectivity index (χ1n) is 16.9. The first-order valence-corrected chi connectivity index (χ1v) is 17.3. The van der Waals surface area contributed by atoms with E-state index in [1.807, 2.05) is 0 Å². The number of epoxide rings is 2. The molecule has 4 heterocycles. The first-order chi connectivity index (χ1) is 21.5. The lowest BCUT2D eigenvalue weighted by molar-refractivity contribution is -0.433. The van der Waals surface area contributed by atoms with Gasteiger partial charge in [0.05, 0.1) is 18.6 Å². The van der Waals surface area contributed by atoms with Crippen molar-refractivity contribution in [3.63, 3.8) is 0 Å². The Balaban J connectivity index is 1.21. The van der Waals surface area contributed by atoms with Gasteiger partial charge in [-0.2, -0.15) is 4.58 Å². The average Bonchev–Trinajstić information content (AvgIpc) is 3.92. The predicted octanol–water partition coefficient (Wildman–Crippen LogP) is 9.70. The van der Waals surface area contributed by atoms with Crippen molar-refractivity contribution in [2.24, 2.45) is 0 Å². The highest BCUT2D eigenvalue weighted by Gasteiger charge is 2.46. The zero-order chi connectivity index (χ0) is 31.8. The maximum atomic E-state index is 7.22. The van der Waals surface area contributed by atoms with Gasteiger partial charge in [-0.1, -0.05) is 49.7 Å². The van der Waals surface area contributed by atoms with E-state index < -0.39 is 0 Å². The number of rotatable bonds is 7. The van der Waals surface area contributed by atoms with E-state index in [9.17, 15) is 0 Å². The smallest absolute Gasteiger partial charge is 0.212 e. The van der Waals surface area contributed by atoms with Crippen LogP contribution in [0.4, 0.5) is 11.4 Å². The second kappa shape index (κ2) is 11.1. The van der Waals surface area contributed by atoms with Crippen molar-refractivity contribution in [2.75, 3.05) is 31.2 Å². The number of benzene rings is 2. The van der Waals surface area contributed by atoms with Crippen molar-refractivity contribution in [3.8, 4) is 0 Å². The van der Waals surface area contributed by atoms with Crippen LogP contribution in [0.1, 0.15) is 106 Å². The van der Waals surface area contributed by atoms with Gasteiger partial charge in [-0.15, -0.1) is 0 Å². The van der Waals surface area contributed by atoms with Gasteiger partial charge >= 0.3 is 0 Å². The third-order valence-corrected chi connectivity index (χ3v) is 11.3. The number of fused-ring (bicyclic) bond motifs is 2. The van der Waals surface area contributed by atoms with Crippen LogP contribution in [-0.4, -0.2) is 36.6 Å². The second-order valence-corrected chi connectivity index (χ2v) is 14.9. The lowest BCUT2D eigenvalue weighted by Crippen LogP contribution is -2.27. The molecule has 2 aromatic carbocycles. The van der Waals surface area contributed by atoms with Crippen LogP contribution in [0.2, 0.25) is 0 Å². The van der Waals surface area contributed by atoms with E-state index in [0.29, 0.717) is 0 Å².